The molecule has 220 valence electrons. The number of nitrogens with one attached hydrogen (secondary N) is 3. The molecule has 0 saturated carbocycles. The Kier molecular flexibility index (Phi) is 7.45. The fourth-order valence-corrected chi connectivity index (χ4v) is 6.28. The van der Waals surface area contributed by atoms with Crippen molar-refractivity contribution in [3.8, 4) is 5.75 Å². The average molecular weight is 572 g/mol. The maximum absolute atomic E-state index is 13.6. The van der Waals surface area contributed by atoms with Gasteiger partial charge in [0.2, 0.25) is 0 Å². The summed E-state index contributed by atoms with van der Waals surface area (Å²) in [5.41, 5.74) is 1.83. The fraction of sp³-hybridized carbons (Fsp3) is 0.517. The van der Waals surface area contributed by atoms with Gasteiger partial charge in [0.05, 0.1) is 23.2 Å². The molecule has 2 saturated heterocycles. The molecule has 1 amide bonds. The molecular formula is C29H36F3N7O2. The van der Waals surface area contributed by atoms with E-state index in [0.717, 1.165) is 63.9 Å². The standard InChI is InChI=1S/C29H36F3N7O2/c1-3-33-23-16-24(36-27-25(23)21(17-34-27)29(30,31)32)35-22-5-4-20(19-8-15-41-26(19)22)28(40)39-9-6-18(7-10-39)38-13-11-37(2)12-14-38/h4-5,16-18H,3,6-15H2,1-2H3,(H3,33,34,35,36). The summed E-state index contributed by atoms with van der Waals surface area (Å²) in [6, 6.07) is 5.71. The van der Waals surface area contributed by atoms with E-state index < -0.39 is 11.7 Å². The molecule has 1 aromatic carbocycles. The molecule has 41 heavy (non-hydrogen) atoms. The van der Waals surface area contributed by atoms with Crippen LogP contribution in [0.5, 0.6) is 5.75 Å². The Morgan fingerprint density at radius 1 is 1.12 bits per heavy atom. The number of alkyl halides is 3. The normalized spacial score (nSPS) is 18.9. The molecule has 12 heteroatoms. The van der Waals surface area contributed by atoms with Crippen molar-refractivity contribution in [2.45, 2.75) is 38.4 Å². The van der Waals surface area contributed by atoms with Crippen LogP contribution >= 0.6 is 0 Å². The van der Waals surface area contributed by atoms with E-state index in [1.54, 1.807) is 12.1 Å². The number of anilines is 3. The van der Waals surface area contributed by atoms with E-state index in [0.29, 0.717) is 54.1 Å². The predicted molar refractivity (Wildman–Crippen MR) is 152 cm³/mol. The van der Waals surface area contributed by atoms with E-state index in [-0.39, 0.29) is 16.9 Å². The third kappa shape index (κ3) is 5.42. The summed E-state index contributed by atoms with van der Waals surface area (Å²) in [5, 5.41) is 6.25. The number of benzene rings is 1. The van der Waals surface area contributed by atoms with Gasteiger partial charge in [0.25, 0.3) is 5.91 Å². The van der Waals surface area contributed by atoms with Gasteiger partial charge < -0.3 is 30.2 Å². The lowest BCUT2D eigenvalue weighted by Gasteiger charge is -2.42. The van der Waals surface area contributed by atoms with Gasteiger partial charge in [-0.25, -0.2) is 4.98 Å². The molecule has 0 unspecified atom stereocenters. The molecule has 6 rings (SSSR count). The molecule has 2 fully saturated rings. The molecule has 0 radical (unpaired) electrons. The molecule has 0 atom stereocenters. The topological polar surface area (TPSA) is 88.8 Å². The van der Waals surface area contributed by atoms with Crippen molar-refractivity contribution in [1.29, 1.82) is 0 Å². The quantitative estimate of drug-likeness (QED) is 0.400. The van der Waals surface area contributed by atoms with Gasteiger partial charge in [-0.15, -0.1) is 0 Å². The van der Waals surface area contributed by atoms with Crippen LogP contribution in [0.1, 0.15) is 41.3 Å². The number of aromatic amines is 1. The number of H-pyrrole nitrogens is 1. The number of halogens is 3. The van der Waals surface area contributed by atoms with E-state index >= 15 is 0 Å². The highest BCUT2D eigenvalue weighted by molar-refractivity contribution is 5.98. The summed E-state index contributed by atoms with van der Waals surface area (Å²) in [6.07, 6.45) is -0.993. The van der Waals surface area contributed by atoms with Crippen molar-refractivity contribution in [1.82, 2.24) is 24.7 Å². The van der Waals surface area contributed by atoms with Crippen molar-refractivity contribution in [2.24, 2.45) is 0 Å². The first-order valence-electron chi connectivity index (χ1n) is 14.3. The predicted octanol–water partition coefficient (Wildman–Crippen LogP) is 4.54. The van der Waals surface area contributed by atoms with Gasteiger partial charge in [-0.05, 0) is 38.9 Å². The zero-order valence-electron chi connectivity index (χ0n) is 23.4. The molecule has 3 N–H and O–H groups in total. The van der Waals surface area contributed by atoms with Crippen LogP contribution in [-0.2, 0) is 12.6 Å². The van der Waals surface area contributed by atoms with Crippen molar-refractivity contribution in [3.63, 3.8) is 0 Å². The Labute approximate surface area is 237 Å². The first kappa shape index (κ1) is 27.6. The summed E-state index contributed by atoms with van der Waals surface area (Å²) in [6.45, 7) is 8.54. The monoisotopic (exact) mass is 571 g/mol. The van der Waals surface area contributed by atoms with E-state index in [2.05, 4.69) is 37.4 Å². The number of ether oxygens (including phenoxy) is 1. The molecular weight excluding hydrogens is 535 g/mol. The number of piperazine rings is 1. The number of aromatic nitrogens is 2. The van der Waals surface area contributed by atoms with Crippen molar-refractivity contribution in [3.05, 3.63) is 41.1 Å². The van der Waals surface area contributed by atoms with Crippen molar-refractivity contribution >= 4 is 34.1 Å². The number of pyridine rings is 1. The summed E-state index contributed by atoms with van der Waals surface area (Å²) >= 11 is 0. The van der Waals surface area contributed by atoms with Crippen LogP contribution in [-0.4, -0.2) is 96.1 Å². The lowest BCUT2D eigenvalue weighted by molar-refractivity contribution is -0.136. The number of rotatable bonds is 6. The van der Waals surface area contributed by atoms with Crippen LogP contribution in [0.15, 0.2) is 24.4 Å². The first-order chi connectivity index (χ1) is 19.7. The Bertz CT molecular complexity index is 1420. The van der Waals surface area contributed by atoms with Gasteiger partial charge in [0, 0.05) is 87.4 Å². The zero-order valence-corrected chi connectivity index (χ0v) is 23.4. The molecule has 3 aliphatic heterocycles. The van der Waals surface area contributed by atoms with Crippen LogP contribution in [0.2, 0.25) is 0 Å². The molecule has 3 aliphatic rings. The van der Waals surface area contributed by atoms with Crippen LogP contribution in [0.25, 0.3) is 11.0 Å². The zero-order chi connectivity index (χ0) is 28.7. The largest absolute Gasteiger partial charge is 0.491 e. The number of likely N-dealkylation sites (N-methyl/N-ethyl adjacent to an activating group) is 1. The number of amides is 1. The summed E-state index contributed by atoms with van der Waals surface area (Å²) in [7, 11) is 2.16. The molecule has 9 nitrogen and oxygen atoms in total. The van der Waals surface area contributed by atoms with Crippen LogP contribution in [0, 0.1) is 0 Å². The number of carbonyl (C=O) groups excluding carboxylic acids is 1. The number of likely N-dealkylation sites (tertiary alicyclic amines) is 1. The second kappa shape index (κ2) is 11.1. The van der Waals surface area contributed by atoms with Crippen molar-refractivity contribution < 1.29 is 22.7 Å². The number of carbonyl (C=O) groups is 1. The smallest absolute Gasteiger partial charge is 0.418 e. The second-order valence-electron chi connectivity index (χ2n) is 11.1. The number of fused-ring (bicyclic) bond motifs is 2. The van der Waals surface area contributed by atoms with Crippen LogP contribution in [0.3, 0.4) is 0 Å². The van der Waals surface area contributed by atoms with Crippen molar-refractivity contribution in [2.75, 3.05) is 70.1 Å². The summed E-state index contributed by atoms with van der Waals surface area (Å²) in [5.74, 6) is 0.986. The van der Waals surface area contributed by atoms with Gasteiger partial charge in [0.15, 0.2) is 0 Å². The Morgan fingerprint density at radius 2 is 1.88 bits per heavy atom. The highest BCUT2D eigenvalue weighted by Crippen LogP contribution is 2.41. The highest BCUT2D eigenvalue weighted by Gasteiger charge is 2.35. The molecule has 0 bridgehead atoms. The van der Waals surface area contributed by atoms with E-state index in [1.165, 1.54) is 0 Å². The molecule has 0 spiro atoms. The highest BCUT2D eigenvalue weighted by atomic mass is 19.4. The van der Waals surface area contributed by atoms with E-state index in [1.807, 2.05) is 17.9 Å². The van der Waals surface area contributed by atoms with Gasteiger partial charge in [-0.1, -0.05) is 0 Å². The number of piperidine rings is 1. The van der Waals surface area contributed by atoms with Gasteiger partial charge >= 0.3 is 6.18 Å². The van der Waals surface area contributed by atoms with Crippen LogP contribution in [0.4, 0.5) is 30.4 Å². The van der Waals surface area contributed by atoms with Gasteiger partial charge in [-0.2, -0.15) is 13.2 Å². The number of hydrogen-bond acceptors (Lipinski definition) is 7. The third-order valence-electron chi connectivity index (χ3n) is 8.47. The van der Waals surface area contributed by atoms with E-state index in [9.17, 15) is 18.0 Å². The summed E-state index contributed by atoms with van der Waals surface area (Å²) < 4.78 is 46.7. The fourth-order valence-electron chi connectivity index (χ4n) is 6.28. The Morgan fingerprint density at radius 3 is 2.59 bits per heavy atom. The molecule has 0 aliphatic carbocycles. The maximum atomic E-state index is 13.6. The molecule has 3 aromatic rings. The molecule has 5 heterocycles. The minimum absolute atomic E-state index is 0.00344. The second-order valence-corrected chi connectivity index (χ2v) is 11.1. The lowest BCUT2D eigenvalue weighted by atomic mass is 9.98. The Balaban J connectivity index is 1.20. The van der Waals surface area contributed by atoms with E-state index in [4.69, 9.17) is 4.74 Å². The average Bonchev–Trinajstić information content (AvgIpc) is 3.62. The number of hydrogen-bond donors (Lipinski definition) is 3. The minimum atomic E-state index is -4.50. The van der Waals surface area contributed by atoms with Gasteiger partial charge in [0.1, 0.15) is 17.2 Å². The van der Waals surface area contributed by atoms with Gasteiger partial charge in [-0.3, -0.25) is 9.69 Å². The Hall–Kier alpha value is -3.51. The SMILES string of the molecule is CCNc1cc(Nc2ccc(C(=O)N3CCC(N4CCN(C)CC4)CC3)c3c2OCC3)nc2[nH]cc(C(F)(F)F)c12. The minimum Gasteiger partial charge on any atom is -0.491 e. The lowest BCUT2D eigenvalue weighted by Crippen LogP contribution is -2.53. The first-order valence-corrected chi connectivity index (χ1v) is 14.3. The maximum Gasteiger partial charge on any atom is 0.418 e. The summed E-state index contributed by atoms with van der Waals surface area (Å²) in [4.78, 5) is 27.6. The molecule has 2 aromatic heterocycles. The van der Waals surface area contributed by atoms with Crippen LogP contribution < -0.4 is 15.4 Å². The third-order valence-corrected chi connectivity index (χ3v) is 8.47. The number of nitrogens with zero attached hydrogens (tertiary/aromatic N) is 4.